The fraction of sp³-hybridized carbons (Fsp3) is 0.645. The summed E-state index contributed by atoms with van der Waals surface area (Å²) in [6.07, 6.45) is 12.1. The van der Waals surface area contributed by atoms with Gasteiger partial charge in [-0.2, -0.15) is 4.31 Å². The Balaban J connectivity index is 1.11. The van der Waals surface area contributed by atoms with Gasteiger partial charge < -0.3 is 9.47 Å². The van der Waals surface area contributed by atoms with Crippen molar-refractivity contribution in [2.75, 3.05) is 32.5 Å². The van der Waals surface area contributed by atoms with Crippen LogP contribution in [-0.4, -0.2) is 75.1 Å². The highest BCUT2D eigenvalue weighted by molar-refractivity contribution is 7.89. The van der Waals surface area contributed by atoms with Gasteiger partial charge in [-0.15, -0.1) is 0 Å². The molecule has 0 radical (unpaired) electrons. The van der Waals surface area contributed by atoms with Gasteiger partial charge in [0.25, 0.3) is 0 Å². The number of pyridine rings is 1. The van der Waals surface area contributed by atoms with E-state index < -0.39 is 20.0 Å². The number of ether oxygens (including phenoxy) is 2. The van der Waals surface area contributed by atoms with Crippen molar-refractivity contribution in [2.24, 2.45) is 5.41 Å². The molecule has 0 N–H and O–H groups in total. The lowest BCUT2D eigenvalue weighted by molar-refractivity contribution is 0.0433. The first-order chi connectivity index (χ1) is 20.0. The molecule has 2 aliphatic heterocycles. The van der Waals surface area contributed by atoms with Crippen molar-refractivity contribution < 1.29 is 26.3 Å². The summed E-state index contributed by atoms with van der Waals surface area (Å²) < 4.78 is 68.7. The molecule has 42 heavy (non-hydrogen) atoms. The molecule has 5 rings (SSSR count). The molecule has 2 aromatic rings. The maximum atomic E-state index is 13.7. The molecule has 0 amide bonds. The molecule has 2 saturated heterocycles. The third-order valence-electron chi connectivity index (χ3n) is 9.62. The number of piperidine rings is 1. The van der Waals surface area contributed by atoms with E-state index in [9.17, 15) is 16.8 Å². The zero-order chi connectivity index (χ0) is 30.0. The lowest BCUT2D eigenvalue weighted by Crippen LogP contribution is -2.46. The van der Waals surface area contributed by atoms with Gasteiger partial charge in [-0.1, -0.05) is 0 Å². The van der Waals surface area contributed by atoms with Crippen molar-refractivity contribution in [1.82, 2.24) is 13.6 Å². The number of methoxy groups -OCH3 is 1. The maximum Gasteiger partial charge on any atom is 0.243 e. The summed E-state index contributed by atoms with van der Waals surface area (Å²) in [5, 5.41) is 0. The van der Waals surface area contributed by atoms with Crippen molar-refractivity contribution in [3.8, 4) is 11.5 Å². The van der Waals surface area contributed by atoms with Crippen molar-refractivity contribution in [1.29, 1.82) is 0 Å². The second-order valence-corrected chi connectivity index (χ2v) is 16.3. The Hall–Kier alpha value is -2.21. The first-order valence-corrected chi connectivity index (χ1v) is 18.3. The second kappa shape index (κ2) is 12.8. The average molecular weight is 620 g/mol. The summed E-state index contributed by atoms with van der Waals surface area (Å²) in [6, 6.07) is 7.10. The number of nitrogens with zero attached hydrogens (tertiary/aromatic N) is 3. The minimum absolute atomic E-state index is 0.0623. The molecule has 1 aromatic heterocycles. The highest BCUT2D eigenvalue weighted by Gasteiger charge is 2.41. The van der Waals surface area contributed by atoms with Gasteiger partial charge in [0, 0.05) is 38.1 Å². The van der Waals surface area contributed by atoms with E-state index in [4.69, 9.17) is 9.47 Å². The van der Waals surface area contributed by atoms with Crippen molar-refractivity contribution >= 4 is 20.0 Å². The highest BCUT2D eigenvalue weighted by atomic mass is 32.2. The van der Waals surface area contributed by atoms with Crippen LogP contribution in [0.3, 0.4) is 0 Å². The van der Waals surface area contributed by atoms with Crippen LogP contribution in [0.1, 0.15) is 75.3 Å². The highest BCUT2D eigenvalue weighted by Crippen LogP contribution is 2.46. The topological polar surface area (TPSA) is 106 Å². The summed E-state index contributed by atoms with van der Waals surface area (Å²) >= 11 is 0. The van der Waals surface area contributed by atoms with Crippen LogP contribution in [0.15, 0.2) is 41.6 Å². The standard InChI is InChI=1S/C31H45N3O6S2/c1-24-22-29(39-3)23-25(2)30(24)42(37,38)34-18-4-6-26(34)7-5-21-41(35,36)33-19-14-31(15-20-33)12-8-27(9-13-31)40-28-10-16-32-17-11-28/h10-11,16-17,22-23,26-27H,4-9,12-15,18-21H2,1-3H3. The number of aromatic nitrogens is 1. The number of aryl methyl sites for hydroxylation is 2. The molecule has 232 valence electrons. The molecule has 9 nitrogen and oxygen atoms in total. The van der Waals surface area contributed by atoms with E-state index in [2.05, 4.69) is 4.98 Å². The molecule has 3 aliphatic rings. The zero-order valence-electron chi connectivity index (χ0n) is 25.1. The molecule has 3 fully saturated rings. The summed E-state index contributed by atoms with van der Waals surface area (Å²) in [7, 11) is -5.51. The molecule has 1 saturated carbocycles. The van der Waals surface area contributed by atoms with Gasteiger partial charge >= 0.3 is 0 Å². The third-order valence-corrected chi connectivity index (χ3v) is 13.8. The third kappa shape index (κ3) is 6.79. The number of rotatable bonds is 10. The van der Waals surface area contributed by atoms with Gasteiger partial charge in [0.05, 0.1) is 23.9 Å². The lowest BCUT2D eigenvalue weighted by Gasteiger charge is -2.45. The van der Waals surface area contributed by atoms with E-state index in [0.717, 1.165) is 57.1 Å². The molecule has 1 unspecified atom stereocenters. The van der Waals surface area contributed by atoms with Gasteiger partial charge in [-0.3, -0.25) is 4.98 Å². The Labute approximate surface area is 251 Å². The quantitative estimate of drug-likeness (QED) is 0.365. The predicted molar refractivity (Wildman–Crippen MR) is 163 cm³/mol. The van der Waals surface area contributed by atoms with E-state index in [-0.39, 0.29) is 23.3 Å². The fourth-order valence-electron chi connectivity index (χ4n) is 7.27. The number of hydrogen-bond donors (Lipinski definition) is 0. The predicted octanol–water partition coefficient (Wildman–Crippen LogP) is 5.07. The van der Waals surface area contributed by atoms with Crippen molar-refractivity contribution in [3.05, 3.63) is 47.8 Å². The second-order valence-electron chi connectivity index (χ2n) is 12.4. The summed E-state index contributed by atoms with van der Waals surface area (Å²) in [5.41, 5.74) is 1.54. The van der Waals surface area contributed by atoms with Crippen molar-refractivity contribution in [3.63, 3.8) is 0 Å². The maximum absolute atomic E-state index is 13.7. The van der Waals surface area contributed by atoms with Crippen LogP contribution >= 0.6 is 0 Å². The van der Waals surface area contributed by atoms with Crippen LogP contribution in [0.4, 0.5) is 0 Å². The molecule has 1 atom stereocenters. The van der Waals surface area contributed by atoms with E-state index in [1.807, 2.05) is 12.1 Å². The smallest absolute Gasteiger partial charge is 0.243 e. The van der Waals surface area contributed by atoms with E-state index in [0.29, 0.717) is 54.2 Å². The molecular weight excluding hydrogens is 574 g/mol. The van der Waals surface area contributed by atoms with Crippen LogP contribution in [0.5, 0.6) is 11.5 Å². The SMILES string of the molecule is COc1cc(C)c(S(=O)(=O)N2CCCC2CCCS(=O)(=O)N2CCC3(CCC(Oc4ccncc4)CC3)CC2)c(C)c1. The van der Waals surface area contributed by atoms with Crippen LogP contribution in [0, 0.1) is 19.3 Å². The minimum Gasteiger partial charge on any atom is -0.497 e. The van der Waals surface area contributed by atoms with Gasteiger partial charge in [-0.05, 0) is 119 Å². The molecular formula is C31H45N3O6S2. The molecule has 1 aromatic carbocycles. The molecule has 3 heterocycles. The molecule has 0 bridgehead atoms. The van der Waals surface area contributed by atoms with E-state index in [1.54, 1.807) is 54.1 Å². The van der Waals surface area contributed by atoms with Gasteiger partial charge in [-0.25, -0.2) is 21.1 Å². The van der Waals surface area contributed by atoms with Crippen LogP contribution in [0.25, 0.3) is 0 Å². The van der Waals surface area contributed by atoms with Gasteiger partial charge in [0.15, 0.2) is 0 Å². The number of hydrogen-bond acceptors (Lipinski definition) is 7. The Bertz CT molecular complexity index is 1410. The minimum atomic E-state index is -3.69. The summed E-state index contributed by atoms with van der Waals surface area (Å²) in [6.45, 7) is 5.19. The van der Waals surface area contributed by atoms with Crippen molar-refractivity contribution in [2.45, 2.75) is 95.1 Å². The zero-order valence-corrected chi connectivity index (χ0v) is 26.8. The normalized spacial score (nSPS) is 22.4. The van der Waals surface area contributed by atoms with Crippen LogP contribution < -0.4 is 9.47 Å². The average Bonchev–Trinajstić information content (AvgIpc) is 3.44. The van der Waals surface area contributed by atoms with E-state index >= 15 is 0 Å². The van der Waals surface area contributed by atoms with Crippen LogP contribution in [-0.2, 0) is 20.0 Å². The molecule has 11 heteroatoms. The number of sulfonamides is 2. The molecule has 1 spiro atoms. The van der Waals surface area contributed by atoms with Gasteiger partial charge in [0.1, 0.15) is 11.5 Å². The first-order valence-electron chi connectivity index (χ1n) is 15.2. The summed E-state index contributed by atoms with van der Waals surface area (Å²) in [4.78, 5) is 4.38. The largest absolute Gasteiger partial charge is 0.497 e. The van der Waals surface area contributed by atoms with Crippen LogP contribution in [0.2, 0.25) is 0 Å². The van der Waals surface area contributed by atoms with E-state index in [1.165, 1.54) is 0 Å². The first kappa shape index (κ1) is 31.2. The summed E-state index contributed by atoms with van der Waals surface area (Å²) in [5.74, 6) is 1.56. The Kier molecular flexibility index (Phi) is 9.51. The molecule has 1 aliphatic carbocycles. The number of benzene rings is 1. The Morgan fingerprint density at radius 3 is 2.17 bits per heavy atom. The fourth-order valence-corrected chi connectivity index (χ4v) is 10.9. The van der Waals surface area contributed by atoms with Gasteiger partial charge in [0.2, 0.25) is 20.0 Å². The Morgan fingerprint density at radius 1 is 0.905 bits per heavy atom. The Morgan fingerprint density at radius 2 is 1.55 bits per heavy atom. The lowest BCUT2D eigenvalue weighted by atomic mass is 9.68. The monoisotopic (exact) mass is 619 g/mol.